The van der Waals surface area contributed by atoms with Gasteiger partial charge in [0, 0.05) is 11.8 Å². The second-order valence-corrected chi connectivity index (χ2v) is 4.59. The van der Waals surface area contributed by atoms with Gasteiger partial charge in [0.1, 0.15) is 5.78 Å². The molecule has 0 aromatic carbocycles. The monoisotopic (exact) mass is 166 g/mol. The second kappa shape index (κ2) is 3.04. The fourth-order valence-corrected chi connectivity index (χ4v) is 1.94. The first-order chi connectivity index (χ1) is 5.47. The van der Waals surface area contributed by atoms with Gasteiger partial charge in [0.15, 0.2) is 0 Å². The molecule has 12 heavy (non-hydrogen) atoms. The highest BCUT2D eigenvalue weighted by molar-refractivity contribution is 5.85. The number of Topliss-reactive ketones (excluding diaryl/α,β-unsaturated/α-hetero) is 1. The molecule has 0 aliphatic heterocycles. The van der Waals surface area contributed by atoms with Crippen molar-refractivity contribution in [3.8, 4) is 0 Å². The van der Waals surface area contributed by atoms with E-state index in [1.54, 1.807) is 0 Å². The zero-order valence-corrected chi connectivity index (χ0v) is 8.26. The van der Waals surface area contributed by atoms with Crippen LogP contribution in [0.1, 0.15) is 33.6 Å². The Morgan fingerprint density at radius 1 is 1.58 bits per heavy atom. The van der Waals surface area contributed by atoms with Gasteiger partial charge in [0.05, 0.1) is 0 Å². The summed E-state index contributed by atoms with van der Waals surface area (Å²) in [5.74, 6) is 1.42. The molecule has 0 saturated heterocycles. The van der Waals surface area contributed by atoms with Crippen LogP contribution in [0.15, 0.2) is 12.7 Å². The van der Waals surface area contributed by atoms with Crippen LogP contribution >= 0.6 is 0 Å². The molecule has 0 bridgehead atoms. The molecule has 68 valence electrons. The van der Waals surface area contributed by atoms with Crippen LogP contribution in [0.2, 0.25) is 0 Å². The predicted octanol–water partition coefficient (Wildman–Crippen LogP) is 2.81. The number of ketones is 1. The van der Waals surface area contributed by atoms with E-state index >= 15 is 0 Å². The van der Waals surface area contributed by atoms with Gasteiger partial charge in [-0.3, -0.25) is 4.79 Å². The van der Waals surface area contributed by atoms with Crippen molar-refractivity contribution in [1.29, 1.82) is 0 Å². The summed E-state index contributed by atoms with van der Waals surface area (Å²) in [5, 5.41) is 0. The van der Waals surface area contributed by atoms with Gasteiger partial charge in [-0.05, 0) is 18.3 Å². The number of rotatable bonds is 1. The molecule has 1 saturated carbocycles. The summed E-state index contributed by atoms with van der Waals surface area (Å²) in [6.45, 7) is 10.0. The molecule has 1 fully saturated rings. The van der Waals surface area contributed by atoms with Crippen molar-refractivity contribution in [3.63, 3.8) is 0 Å². The van der Waals surface area contributed by atoms with E-state index in [-0.39, 0.29) is 5.41 Å². The molecule has 0 aromatic rings. The van der Waals surface area contributed by atoms with Crippen LogP contribution in [-0.2, 0) is 4.79 Å². The van der Waals surface area contributed by atoms with Crippen LogP contribution in [0.25, 0.3) is 0 Å². The Bertz CT molecular complexity index is 203. The zero-order valence-electron chi connectivity index (χ0n) is 8.26. The molecular weight excluding hydrogens is 148 g/mol. The molecule has 1 nitrogen and oxygen atoms in total. The van der Waals surface area contributed by atoms with Crippen LogP contribution in [-0.4, -0.2) is 5.78 Å². The highest BCUT2D eigenvalue weighted by atomic mass is 16.1. The minimum atomic E-state index is -0.120. The average molecular weight is 166 g/mol. The number of hydrogen-bond donors (Lipinski definition) is 0. The maximum atomic E-state index is 11.6. The maximum Gasteiger partial charge on any atom is 0.138 e. The van der Waals surface area contributed by atoms with E-state index in [2.05, 4.69) is 13.5 Å². The van der Waals surface area contributed by atoms with E-state index < -0.39 is 0 Å². The fraction of sp³-hybridized carbons (Fsp3) is 0.727. The third kappa shape index (κ3) is 1.60. The van der Waals surface area contributed by atoms with Gasteiger partial charge in [-0.25, -0.2) is 0 Å². The zero-order chi connectivity index (χ0) is 9.35. The summed E-state index contributed by atoms with van der Waals surface area (Å²) in [6.07, 6.45) is 3.69. The van der Waals surface area contributed by atoms with Crippen LogP contribution in [0.5, 0.6) is 0 Å². The van der Waals surface area contributed by atoms with Crippen molar-refractivity contribution in [1.82, 2.24) is 0 Å². The van der Waals surface area contributed by atoms with Crippen molar-refractivity contribution in [2.45, 2.75) is 33.6 Å². The van der Waals surface area contributed by atoms with Crippen molar-refractivity contribution < 1.29 is 4.79 Å². The molecule has 0 heterocycles. The van der Waals surface area contributed by atoms with Crippen molar-refractivity contribution in [2.75, 3.05) is 0 Å². The third-order valence-electron chi connectivity index (χ3n) is 3.04. The van der Waals surface area contributed by atoms with Gasteiger partial charge in [-0.1, -0.05) is 26.8 Å². The molecule has 0 unspecified atom stereocenters. The lowest BCUT2D eigenvalue weighted by atomic mass is 9.67. The Balaban J connectivity index is 2.76. The van der Waals surface area contributed by atoms with E-state index in [0.717, 1.165) is 12.8 Å². The lowest BCUT2D eigenvalue weighted by Gasteiger charge is -2.36. The molecule has 1 heteroatoms. The SMILES string of the molecule is C=C[C@H]1CC(C)(C)C(=O)C[C@H]1C. The largest absolute Gasteiger partial charge is 0.299 e. The van der Waals surface area contributed by atoms with Crippen molar-refractivity contribution >= 4 is 5.78 Å². The van der Waals surface area contributed by atoms with Gasteiger partial charge in [-0.2, -0.15) is 0 Å². The van der Waals surface area contributed by atoms with Crippen molar-refractivity contribution in [3.05, 3.63) is 12.7 Å². The lowest BCUT2D eigenvalue weighted by Crippen LogP contribution is -2.36. The van der Waals surface area contributed by atoms with E-state index in [9.17, 15) is 4.79 Å². The Morgan fingerprint density at radius 2 is 2.17 bits per heavy atom. The quantitative estimate of drug-likeness (QED) is 0.547. The Hall–Kier alpha value is -0.590. The van der Waals surface area contributed by atoms with Crippen LogP contribution < -0.4 is 0 Å². The molecule has 0 aromatic heterocycles. The molecule has 0 amide bonds. The lowest BCUT2D eigenvalue weighted by molar-refractivity contribution is -0.132. The number of allylic oxidation sites excluding steroid dienone is 1. The summed E-state index contributed by atoms with van der Waals surface area (Å²) < 4.78 is 0. The van der Waals surface area contributed by atoms with E-state index in [1.165, 1.54) is 0 Å². The smallest absolute Gasteiger partial charge is 0.138 e. The fourth-order valence-electron chi connectivity index (χ4n) is 1.94. The summed E-state index contributed by atoms with van der Waals surface area (Å²) in [5.41, 5.74) is -0.120. The predicted molar refractivity (Wildman–Crippen MR) is 50.9 cm³/mol. The molecule has 2 atom stereocenters. The Labute approximate surface area is 74.9 Å². The molecule has 1 aliphatic rings. The average Bonchev–Trinajstić information content (AvgIpc) is 1.97. The first kappa shape index (κ1) is 9.50. The molecule has 1 aliphatic carbocycles. The van der Waals surface area contributed by atoms with E-state index in [1.807, 2.05) is 19.9 Å². The topological polar surface area (TPSA) is 17.1 Å². The number of hydrogen-bond acceptors (Lipinski definition) is 1. The number of carbonyl (C=O) groups is 1. The molecular formula is C11H18O. The van der Waals surface area contributed by atoms with Gasteiger partial charge in [-0.15, -0.1) is 6.58 Å². The summed E-state index contributed by atoms with van der Waals surface area (Å²) in [7, 11) is 0. The third-order valence-corrected chi connectivity index (χ3v) is 3.04. The van der Waals surface area contributed by atoms with Crippen molar-refractivity contribution in [2.24, 2.45) is 17.3 Å². The molecule has 1 rings (SSSR count). The highest BCUT2D eigenvalue weighted by Crippen LogP contribution is 2.39. The van der Waals surface area contributed by atoms with E-state index in [0.29, 0.717) is 17.6 Å². The van der Waals surface area contributed by atoms with Gasteiger partial charge in [0.25, 0.3) is 0 Å². The standard InChI is InChI=1S/C11H18O/c1-5-9-7-11(3,4)10(12)6-8(9)2/h5,8-9H,1,6-7H2,2-4H3/t8-,9+/m1/s1. The van der Waals surface area contributed by atoms with Gasteiger partial charge in [0.2, 0.25) is 0 Å². The molecule has 0 radical (unpaired) electrons. The summed E-state index contributed by atoms with van der Waals surface area (Å²) in [6, 6.07) is 0. The molecule has 0 spiro atoms. The summed E-state index contributed by atoms with van der Waals surface area (Å²) >= 11 is 0. The molecule has 0 N–H and O–H groups in total. The van der Waals surface area contributed by atoms with Crippen LogP contribution in [0.4, 0.5) is 0 Å². The Morgan fingerprint density at radius 3 is 2.67 bits per heavy atom. The maximum absolute atomic E-state index is 11.6. The Kier molecular flexibility index (Phi) is 2.41. The van der Waals surface area contributed by atoms with E-state index in [4.69, 9.17) is 0 Å². The van der Waals surface area contributed by atoms with Gasteiger partial charge < -0.3 is 0 Å². The first-order valence-electron chi connectivity index (χ1n) is 4.63. The first-order valence-corrected chi connectivity index (χ1v) is 4.63. The highest BCUT2D eigenvalue weighted by Gasteiger charge is 2.37. The van der Waals surface area contributed by atoms with Crippen LogP contribution in [0, 0.1) is 17.3 Å². The second-order valence-electron chi connectivity index (χ2n) is 4.59. The minimum Gasteiger partial charge on any atom is -0.299 e. The minimum absolute atomic E-state index is 0.120. The normalized spacial score (nSPS) is 34.8. The summed E-state index contributed by atoms with van der Waals surface area (Å²) in [4.78, 5) is 11.6. The number of carbonyl (C=O) groups excluding carboxylic acids is 1. The van der Waals surface area contributed by atoms with Gasteiger partial charge >= 0.3 is 0 Å². The van der Waals surface area contributed by atoms with Crippen LogP contribution in [0.3, 0.4) is 0 Å².